The zero-order valence-corrected chi connectivity index (χ0v) is 13.2. The first-order chi connectivity index (χ1) is 8.90. The van der Waals surface area contributed by atoms with Crippen molar-refractivity contribution in [2.45, 2.75) is 11.8 Å². The number of anilines is 1. The molecule has 0 fully saturated rings. The Hall–Kier alpha value is -1.04. The summed E-state index contributed by atoms with van der Waals surface area (Å²) in [6.45, 7) is 1.80. The summed E-state index contributed by atoms with van der Waals surface area (Å²) >= 11 is 9.08. The third-order valence-corrected chi connectivity index (χ3v) is 5.17. The van der Waals surface area contributed by atoms with Crippen LogP contribution in [0, 0.1) is 6.92 Å². The van der Waals surface area contributed by atoms with Gasteiger partial charge in [-0.25, -0.2) is 8.42 Å². The van der Waals surface area contributed by atoms with Crippen LogP contribution in [0.1, 0.15) is 5.56 Å². The molecule has 2 rings (SSSR count). The highest BCUT2D eigenvalue weighted by atomic mass is 79.9. The molecule has 0 aliphatic carbocycles. The first-order valence-electron chi connectivity index (χ1n) is 5.43. The molecule has 3 nitrogen and oxygen atoms in total. The van der Waals surface area contributed by atoms with E-state index in [1.807, 2.05) is 0 Å². The summed E-state index contributed by atoms with van der Waals surface area (Å²) < 4.78 is 27.6. The van der Waals surface area contributed by atoms with Gasteiger partial charge < -0.3 is 0 Å². The van der Waals surface area contributed by atoms with Gasteiger partial charge in [-0.1, -0.05) is 23.7 Å². The lowest BCUT2D eigenvalue weighted by molar-refractivity contribution is 0.600. The summed E-state index contributed by atoms with van der Waals surface area (Å²) in [6.07, 6.45) is 0. The monoisotopic (exact) mass is 359 g/mol. The first kappa shape index (κ1) is 14.4. The summed E-state index contributed by atoms with van der Waals surface area (Å²) in [5, 5.41) is 0.571. The van der Waals surface area contributed by atoms with Gasteiger partial charge in [-0.05, 0) is 58.7 Å². The highest BCUT2D eigenvalue weighted by molar-refractivity contribution is 9.10. The molecule has 0 aliphatic rings. The average molecular weight is 361 g/mol. The summed E-state index contributed by atoms with van der Waals surface area (Å²) in [5.74, 6) is 0. The number of rotatable bonds is 3. The normalized spacial score (nSPS) is 11.3. The van der Waals surface area contributed by atoms with Crippen molar-refractivity contribution in [1.29, 1.82) is 0 Å². The van der Waals surface area contributed by atoms with E-state index in [0.717, 1.165) is 5.56 Å². The zero-order valence-electron chi connectivity index (χ0n) is 10.0. The highest BCUT2D eigenvalue weighted by Gasteiger charge is 2.17. The maximum Gasteiger partial charge on any atom is 0.263 e. The molecule has 0 saturated carbocycles. The van der Waals surface area contributed by atoms with Crippen LogP contribution in [-0.2, 0) is 10.0 Å². The second kappa shape index (κ2) is 5.53. The van der Waals surface area contributed by atoms with Gasteiger partial charge in [0.15, 0.2) is 0 Å². The number of aryl methyl sites for hydroxylation is 1. The fourth-order valence-electron chi connectivity index (χ4n) is 1.60. The second-order valence-corrected chi connectivity index (χ2v) is 6.94. The van der Waals surface area contributed by atoms with Crippen molar-refractivity contribution < 1.29 is 8.42 Å². The topological polar surface area (TPSA) is 46.2 Å². The Bertz CT molecular complexity index is 716. The SMILES string of the molecule is Cc1cc(Cl)ccc1NS(=O)(=O)c1ccccc1Br. The van der Waals surface area contributed by atoms with Gasteiger partial charge in [-0.3, -0.25) is 4.72 Å². The Morgan fingerprint density at radius 3 is 2.47 bits per heavy atom. The van der Waals surface area contributed by atoms with Crippen molar-refractivity contribution in [2.24, 2.45) is 0 Å². The van der Waals surface area contributed by atoms with E-state index >= 15 is 0 Å². The molecule has 6 heteroatoms. The fourth-order valence-corrected chi connectivity index (χ4v) is 3.97. The molecule has 0 heterocycles. The van der Waals surface area contributed by atoms with Gasteiger partial charge in [0.05, 0.1) is 5.69 Å². The van der Waals surface area contributed by atoms with Crippen LogP contribution in [0.25, 0.3) is 0 Å². The summed E-state index contributed by atoms with van der Waals surface area (Å²) in [4.78, 5) is 0.198. The number of hydrogen-bond donors (Lipinski definition) is 1. The van der Waals surface area contributed by atoms with Crippen molar-refractivity contribution in [3.05, 3.63) is 57.5 Å². The van der Waals surface area contributed by atoms with E-state index in [-0.39, 0.29) is 4.90 Å². The molecule has 1 N–H and O–H groups in total. The van der Waals surface area contributed by atoms with Crippen LogP contribution in [0.3, 0.4) is 0 Å². The van der Waals surface area contributed by atoms with Crippen molar-refractivity contribution >= 4 is 43.2 Å². The van der Waals surface area contributed by atoms with Crippen LogP contribution < -0.4 is 4.72 Å². The minimum Gasteiger partial charge on any atom is -0.279 e. The number of halogens is 2. The van der Waals surface area contributed by atoms with Gasteiger partial charge in [0.1, 0.15) is 4.90 Å². The van der Waals surface area contributed by atoms with Crippen LogP contribution >= 0.6 is 27.5 Å². The lowest BCUT2D eigenvalue weighted by Gasteiger charge is -2.11. The van der Waals surface area contributed by atoms with Crippen molar-refractivity contribution in [3.8, 4) is 0 Å². The number of nitrogens with one attached hydrogen (secondary N) is 1. The predicted octanol–water partition coefficient (Wildman–Crippen LogP) is 4.21. The molecule has 2 aromatic carbocycles. The summed E-state index contributed by atoms with van der Waals surface area (Å²) in [5.41, 5.74) is 1.28. The van der Waals surface area contributed by atoms with Gasteiger partial charge >= 0.3 is 0 Å². The molecule has 100 valence electrons. The summed E-state index contributed by atoms with van der Waals surface area (Å²) in [7, 11) is -3.62. The molecule has 0 unspecified atom stereocenters. The van der Waals surface area contributed by atoms with E-state index in [4.69, 9.17) is 11.6 Å². The third-order valence-electron chi connectivity index (χ3n) is 2.56. The Morgan fingerprint density at radius 1 is 1.16 bits per heavy atom. The molecule has 0 aromatic heterocycles. The zero-order chi connectivity index (χ0) is 14.0. The molecule has 0 radical (unpaired) electrons. The van der Waals surface area contributed by atoms with Gasteiger partial charge in [-0.2, -0.15) is 0 Å². The van der Waals surface area contributed by atoms with Crippen molar-refractivity contribution in [1.82, 2.24) is 0 Å². The minimum atomic E-state index is -3.62. The molecule has 0 aliphatic heterocycles. The van der Waals surface area contributed by atoms with Gasteiger partial charge in [0.2, 0.25) is 0 Å². The van der Waals surface area contributed by atoms with E-state index in [0.29, 0.717) is 15.2 Å². The molecule has 2 aromatic rings. The molecular formula is C13H11BrClNO2S. The van der Waals surface area contributed by atoms with Gasteiger partial charge in [-0.15, -0.1) is 0 Å². The quantitative estimate of drug-likeness (QED) is 0.891. The van der Waals surface area contributed by atoms with Crippen LogP contribution in [0.2, 0.25) is 5.02 Å². The number of benzene rings is 2. The largest absolute Gasteiger partial charge is 0.279 e. The first-order valence-corrected chi connectivity index (χ1v) is 8.09. The Labute approximate surface area is 125 Å². The number of sulfonamides is 1. The Morgan fingerprint density at radius 2 is 1.84 bits per heavy atom. The molecular weight excluding hydrogens is 350 g/mol. The maximum absolute atomic E-state index is 12.3. The van der Waals surface area contributed by atoms with E-state index < -0.39 is 10.0 Å². The molecule has 0 bridgehead atoms. The van der Waals surface area contributed by atoms with Gasteiger partial charge in [0.25, 0.3) is 10.0 Å². The highest BCUT2D eigenvalue weighted by Crippen LogP contribution is 2.26. The molecule has 0 saturated heterocycles. The van der Waals surface area contributed by atoms with Crippen LogP contribution in [-0.4, -0.2) is 8.42 Å². The van der Waals surface area contributed by atoms with Crippen molar-refractivity contribution in [2.75, 3.05) is 4.72 Å². The lowest BCUT2D eigenvalue weighted by Crippen LogP contribution is -2.14. The second-order valence-electron chi connectivity index (χ2n) is 4.00. The Balaban J connectivity index is 2.40. The lowest BCUT2D eigenvalue weighted by atomic mass is 10.2. The maximum atomic E-state index is 12.3. The molecule has 0 spiro atoms. The van der Waals surface area contributed by atoms with E-state index in [2.05, 4.69) is 20.7 Å². The van der Waals surface area contributed by atoms with E-state index in [1.165, 1.54) is 6.07 Å². The predicted molar refractivity (Wildman–Crippen MR) is 81.1 cm³/mol. The smallest absolute Gasteiger partial charge is 0.263 e. The summed E-state index contributed by atoms with van der Waals surface area (Å²) in [6, 6.07) is 11.7. The number of hydrogen-bond acceptors (Lipinski definition) is 2. The molecule has 0 amide bonds. The minimum absolute atomic E-state index is 0.198. The van der Waals surface area contributed by atoms with Crippen LogP contribution in [0.5, 0.6) is 0 Å². The van der Waals surface area contributed by atoms with Crippen LogP contribution in [0.4, 0.5) is 5.69 Å². The average Bonchev–Trinajstić information content (AvgIpc) is 2.33. The third kappa shape index (κ3) is 3.29. The molecule has 0 atom stereocenters. The van der Waals surface area contributed by atoms with Crippen molar-refractivity contribution in [3.63, 3.8) is 0 Å². The fraction of sp³-hybridized carbons (Fsp3) is 0.0769. The standard InChI is InChI=1S/C13H11BrClNO2S/c1-9-8-10(15)6-7-12(9)16-19(17,18)13-5-3-2-4-11(13)14/h2-8,16H,1H3. The van der Waals surface area contributed by atoms with Gasteiger partial charge in [0, 0.05) is 9.50 Å². The van der Waals surface area contributed by atoms with Crippen LogP contribution in [0.15, 0.2) is 51.8 Å². The van der Waals surface area contributed by atoms with E-state index in [1.54, 1.807) is 43.3 Å². The molecule has 19 heavy (non-hydrogen) atoms. The Kier molecular flexibility index (Phi) is 4.18. The van der Waals surface area contributed by atoms with E-state index in [9.17, 15) is 8.42 Å².